The van der Waals surface area contributed by atoms with Gasteiger partial charge < -0.3 is 23.5 Å². The smallest absolute Gasteiger partial charge is 0.462 e. The average molecular weight is 462 g/mol. The van der Waals surface area contributed by atoms with Gasteiger partial charge in [0.05, 0.1) is 19.3 Å². The third-order valence-corrected chi connectivity index (χ3v) is 8.05. The summed E-state index contributed by atoms with van der Waals surface area (Å²) in [5.41, 5.74) is 3.39. The minimum Gasteiger partial charge on any atom is -0.497 e. The standard InChI is InChI=1S/C23H35BO7Si/c1-15(2)28-22(25)20-21(23(26)29-16(3)4)31-24(30-20)12-9-13-32(7,8)19-11-10-18(27-6)14-17(19)5/h9-11,13-16,20-21H,12H2,1-8H3/b13-9+/t20-,21-/m1/s1. The average Bonchev–Trinajstić information content (AvgIpc) is 3.11. The van der Waals surface area contributed by atoms with Gasteiger partial charge in [0.15, 0.2) is 12.2 Å². The van der Waals surface area contributed by atoms with Crippen LogP contribution in [-0.2, 0) is 28.4 Å². The molecule has 1 aromatic carbocycles. The predicted octanol–water partition coefficient (Wildman–Crippen LogP) is 3.19. The largest absolute Gasteiger partial charge is 0.497 e. The van der Waals surface area contributed by atoms with Crippen molar-refractivity contribution in [2.45, 2.75) is 78.4 Å². The molecule has 0 saturated carbocycles. The van der Waals surface area contributed by atoms with Gasteiger partial charge in [0, 0.05) is 0 Å². The molecular formula is C23H35BO7Si. The Balaban J connectivity index is 2.10. The van der Waals surface area contributed by atoms with E-state index in [2.05, 4.69) is 31.8 Å². The topological polar surface area (TPSA) is 80.3 Å². The maximum Gasteiger partial charge on any atom is 0.462 e. The highest BCUT2D eigenvalue weighted by Crippen LogP contribution is 2.23. The summed E-state index contributed by atoms with van der Waals surface area (Å²) in [7, 11) is -0.957. The first kappa shape index (κ1) is 26.2. The molecule has 1 aliphatic rings. The van der Waals surface area contributed by atoms with Gasteiger partial charge in [-0.15, -0.1) is 0 Å². The molecule has 0 aliphatic carbocycles. The first-order valence-corrected chi connectivity index (χ1v) is 14.1. The van der Waals surface area contributed by atoms with Gasteiger partial charge in [-0.1, -0.05) is 36.1 Å². The van der Waals surface area contributed by atoms with Gasteiger partial charge in [0.2, 0.25) is 0 Å². The quantitative estimate of drug-likeness (QED) is 0.412. The van der Waals surface area contributed by atoms with Crippen molar-refractivity contribution in [3.63, 3.8) is 0 Å². The molecule has 0 bridgehead atoms. The van der Waals surface area contributed by atoms with Crippen LogP contribution in [0.5, 0.6) is 5.75 Å². The van der Waals surface area contributed by atoms with E-state index in [1.807, 2.05) is 18.2 Å². The monoisotopic (exact) mass is 462 g/mol. The Labute approximate surface area is 192 Å². The van der Waals surface area contributed by atoms with Crippen LogP contribution < -0.4 is 9.92 Å². The van der Waals surface area contributed by atoms with Crippen molar-refractivity contribution in [1.29, 1.82) is 0 Å². The number of esters is 2. The van der Waals surface area contributed by atoms with Crippen molar-refractivity contribution in [2.75, 3.05) is 7.11 Å². The van der Waals surface area contributed by atoms with E-state index in [1.54, 1.807) is 34.8 Å². The minimum atomic E-state index is -1.88. The SMILES string of the molecule is COc1ccc([Si](C)(C)/C=C/CB2O[C@@H](C(=O)OC(C)C)[C@H](C(=O)OC(C)C)O2)c(C)c1. The third kappa shape index (κ3) is 6.95. The molecule has 0 spiro atoms. The summed E-state index contributed by atoms with van der Waals surface area (Å²) in [5, 5.41) is 1.31. The number of carbonyl (C=O) groups is 2. The van der Waals surface area contributed by atoms with Crippen LogP contribution in [0.1, 0.15) is 33.3 Å². The summed E-state index contributed by atoms with van der Waals surface area (Å²) >= 11 is 0. The second kappa shape index (κ2) is 11.2. The number of hydrogen-bond acceptors (Lipinski definition) is 7. The van der Waals surface area contributed by atoms with Crippen molar-refractivity contribution < 1.29 is 33.1 Å². The number of ether oxygens (including phenoxy) is 3. The van der Waals surface area contributed by atoms with Gasteiger partial charge in [-0.25, -0.2) is 9.59 Å². The summed E-state index contributed by atoms with van der Waals surface area (Å²) < 4.78 is 27.3. The van der Waals surface area contributed by atoms with Crippen LogP contribution in [0.15, 0.2) is 30.0 Å². The number of aryl methyl sites for hydroxylation is 1. The lowest BCUT2D eigenvalue weighted by molar-refractivity contribution is -0.167. The first-order valence-electron chi connectivity index (χ1n) is 11.0. The molecule has 7 nitrogen and oxygen atoms in total. The zero-order valence-corrected chi connectivity index (χ0v) is 21.3. The lowest BCUT2D eigenvalue weighted by Gasteiger charge is -2.21. The summed E-state index contributed by atoms with van der Waals surface area (Å²) in [6.07, 6.45) is -0.533. The number of benzene rings is 1. The van der Waals surface area contributed by atoms with Crippen LogP contribution in [0.25, 0.3) is 0 Å². The van der Waals surface area contributed by atoms with E-state index in [4.69, 9.17) is 23.5 Å². The second-order valence-electron chi connectivity index (χ2n) is 9.05. The Morgan fingerprint density at radius 2 is 1.59 bits per heavy atom. The van der Waals surface area contributed by atoms with E-state index >= 15 is 0 Å². The molecule has 0 radical (unpaired) electrons. The van der Waals surface area contributed by atoms with E-state index < -0.39 is 39.3 Å². The Morgan fingerprint density at radius 1 is 1.06 bits per heavy atom. The molecule has 0 unspecified atom stereocenters. The molecule has 1 heterocycles. The molecule has 0 amide bonds. The van der Waals surface area contributed by atoms with E-state index in [1.165, 1.54) is 10.8 Å². The number of carbonyl (C=O) groups excluding carboxylic acids is 2. The predicted molar refractivity (Wildman–Crippen MR) is 127 cm³/mol. The highest BCUT2D eigenvalue weighted by Gasteiger charge is 2.49. The maximum absolute atomic E-state index is 12.5. The molecule has 1 aromatic rings. The van der Waals surface area contributed by atoms with Gasteiger partial charge in [-0.3, -0.25) is 0 Å². The van der Waals surface area contributed by atoms with E-state index in [0.29, 0.717) is 6.32 Å². The zero-order chi connectivity index (χ0) is 24.1. The van der Waals surface area contributed by atoms with Crippen molar-refractivity contribution in [1.82, 2.24) is 0 Å². The van der Waals surface area contributed by atoms with Crippen LogP contribution in [-0.4, -0.2) is 58.7 Å². The Hall–Kier alpha value is -2.10. The third-order valence-electron chi connectivity index (χ3n) is 5.03. The fourth-order valence-electron chi connectivity index (χ4n) is 3.62. The first-order chi connectivity index (χ1) is 14.9. The highest BCUT2D eigenvalue weighted by molar-refractivity contribution is 6.94. The molecule has 1 fully saturated rings. The summed E-state index contributed by atoms with van der Waals surface area (Å²) in [6.45, 7) is 13.5. The summed E-state index contributed by atoms with van der Waals surface area (Å²) in [5.74, 6) is -0.409. The Bertz CT molecular complexity index is 808. The molecule has 2 rings (SSSR count). The van der Waals surface area contributed by atoms with E-state index in [-0.39, 0.29) is 12.2 Å². The van der Waals surface area contributed by atoms with Crippen molar-refractivity contribution >= 4 is 32.3 Å². The molecule has 0 aromatic heterocycles. The lowest BCUT2D eigenvalue weighted by Crippen LogP contribution is -2.41. The van der Waals surface area contributed by atoms with Gasteiger partial charge >= 0.3 is 19.1 Å². The molecule has 176 valence electrons. The number of methoxy groups -OCH3 is 1. The molecule has 32 heavy (non-hydrogen) atoms. The van der Waals surface area contributed by atoms with Crippen molar-refractivity contribution in [2.24, 2.45) is 0 Å². The van der Waals surface area contributed by atoms with Crippen LogP contribution in [0.3, 0.4) is 0 Å². The number of hydrogen-bond donors (Lipinski definition) is 0. The normalized spacial score (nSPS) is 19.1. The van der Waals surface area contributed by atoms with E-state index in [0.717, 1.165) is 5.75 Å². The van der Waals surface area contributed by atoms with E-state index in [9.17, 15) is 9.59 Å². The van der Waals surface area contributed by atoms with Gasteiger partial charge in [-0.2, -0.15) is 0 Å². The summed E-state index contributed by atoms with van der Waals surface area (Å²) in [6, 6.07) is 6.13. The summed E-state index contributed by atoms with van der Waals surface area (Å²) in [4.78, 5) is 24.9. The molecule has 9 heteroatoms. The second-order valence-corrected chi connectivity index (χ2v) is 13.4. The van der Waals surface area contributed by atoms with Crippen LogP contribution in [0.2, 0.25) is 19.4 Å². The molecule has 1 saturated heterocycles. The molecule has 1 aliphatic heterocycles. The zero-order valence-electron chi connectivity index (χ0n) is 20.3. The molecule has 0 N–H and O–H groups in total. The fourth-order valence-corrected chi connectivity index (χ4v) is 6.13. The molecular weight excluding hydrogens is 427 g/mol. The minimum absolute atomic E-state index is 0.327. The number of rotatable bonds is 9. The molecule has 2 atom stereocenters. The maximum atomic E-state index is 12.5. The lowest BCUT2D eigenvalue weighted by atomic mass is 9.85. The van der Waals surface area contributed by atoms with Crippen LogP contribution in [0.4, 0.5) is 0 Å². The Kier molecular flexibility index (Phi) is 9.12. The van der Waals surface area contributed by atoms with Crippen molar-refractivity contribution in [3.05, 3.63) is 35.5 Å². The van der Waals surface area contributed by atoms with Crippen molar-refractivity contribution in [3.8, 4) is 5.75 Å². The van der Waals surface area contributed by atoms with Gasteiger partial charge in [-0.05, 0) is 58.6 Å². The van der Waals surface area contributed by atoms with Gasteiger partial charge in [0.1, 0.15) is 13.8 Å². The Morgan fingerprint density at radius 3 is 2.03 bits per heavy atom. The number of allylic oxidation sites excluding steroid dienone is 1. The fraction of sp³-hybridized carbons (Fsp3) is 0.565. The van der Waals surface area contributed by atoms with Crippen LogP contribution >= 0.6 is 0 Å². The van der Waals surface area contributed by atoms with Gasteiger partial charge in [0.25, 0.3) is 0 Å². The van der Waals surface area contributed by atoms with Crippen LogP contribution in [0, 0.1) is 6.92 Å². The highest BCUT2D eigenvalue weighted by atomic mass is 28.3.